The maximum absolute atomic E-state index is 10.3. The van der Waals surface area contributed by atoms with Gasteiger partial charge in [-0.15, -0.1) is 0 Å². The van der Waals surface area contributed by atoms with E-state index in [-0.39, 0.29) is 13.0 Å². The Kier molecular flexibility index (Phi) is 4.42. The highest BCUT2D eigenvalue weighted by molar-refractivity contribution is 9.10. The van der Waals surface area contributed by atoms with Crippen molar-refractivity contribution in [3.05, 3.63) is 22.7 Å². The number of carboxylic acids is 1. The van der Waals surface area contributed by atoms with Crippen LogP contribution in [0, 0.1) is 0 Å². The molecule has 0 heterocycles. The van der Waals surface area contributed by atoms with E-state index in [4.69, 9.17) is 14.6 Å². The minimum Gasteiger partial charge on any atom is -0.493 e. The first-order chi connectivity index (χ1) is 7.15. The lowest BCUT2D eigenvalue weighted by Crippen LogP contribution is -2.05. The Labute approximate surface area is 95.9 Å². The van der Waals surface area contributed by atoms with Crippen molar-refractivity contribution >= 4 is 21.9 Å². The minimum atomic E-state index is -0.888. The molecule has 1 rings (SSSR count). The molecule has 0 aromatic heterocycles. The molecule has 0 aliphatic carbocycles. The highest BCUT2D eigenvalue weighted by atomic mass is 79.9. The van der Waals surface area contributed by atoms with Gasteiger partial charge in [0.15, 0.2) is 11.5 Å². The molecule has 5 heteroatoms. The molecule has 0 saturated carbocycles. The lowest BCUT2D eigenvalue weighted by atomic mass is 10.3. The SMILES string of the molecule is COc1cccc(Br)c1OCCC(=O)O. The van der Waals surface area contributed by atoms with Crippen LogP contribution in [0.15, 0.2) is 22.7 Å². The van der Waals surface area contributed by atoms with Gasteiger partial charge in [0.25, 0.3) is 0 Å². The quantitative estimate of drug-likeness (QED) is 0.895. The van der Waals surface area contributed by atoms with Gasteiger partial charge in [0, 0.05) is 0 Å². The van der Waals surface area contributed by atoms with E-state index in [1.165, 1.54) is 7.11 Å². The summed E-state index contributed by atoms with van der Waals surface area (Å²) in [4.78, 5) is 10.3. The van der Waals surface area contributed by atoms with Crippen LogP contribution < -0.4 is 9.47 Å². The number of methoxy groups -OCH3 is 1. The van der Waals surface area contributed by atoms with Gasteiger partial charge in [-0.2, -0.15) is 0 Å². The molecular formula is C10H11BrO4. The van der Waals surface area contributed by atoms with Gasteiger partial charge in [-0.3, -0.25) is 4.79 Å². The Bertz CT molecular complexity index is 351. The molecule has 0 bridgehead atoms. The van der Waals surface area contributed by atoms with Gasteiger partial charge in [-0.25, -0.2) is 0 Å². The average molecular weight is 275 g/mol. The molecule has 15 heavy (non-hydrogen) atoms. The Morgan fingerprint density at radius 2 is 2.27 bits per heavy atom. The molecule has 4 nitrogen and oxygen atoms in total. The molecule has 1 N–H and O–H groups in total. The highest BCUT2D eigenvalue weighted by Gasteiger charge is 2.08. The van der Waals surface area contributed by atoms with Gasteiger partial charge in [0.2, 0.25) is 0 Å². The molecule has 0 fully saturated rings. The molecule has 0 spiro atoms. The summed E-state index contributed by atoms with van der Waals surface area (Å²) in [6, 6.07) is 5.37. The largest absolute Gasteiger partial charge is 0.493 e. The monoisotopic (exact) mass is 274 g/mol. The second-order valence-electron chi connectivity index (χ2n) is 2.76. The van der Waals surface area contributed by atoms with Crippen LogP contribution in [0.2, 0.25) is 0 Å². The fraction of sp³-hybridized carbons (Fsp3) is 0.300. The van der Waals surface area contributed by atoms with Gasteiger partial charge in [0.05, 0.1) is 24.6 Å². The van der Waals surface area contributed by atoms with Gasteiger partial charge >= 0.3 is 5.97 Å². The molecule has 0 aliphatic rings. The van der Waals surface area contributed by atoms with Crippen LogP contribution in [0.1, 0.15) is 6.42 Å². The van der Waals surface area contributed by atoms with Crippen LogP contribution in [-0.2, 0) is 4.79 Å². The summed E-state index contributed by atoms with van der Waals surface area (Å²) in [6.07, 6.45) is -0.0372. The standard InChI is InChI=1S/C10H11BrO4/c1-14-8-4-2-3-7(11)10(8)15-6-5-9(12)13/h2-4H,5-6H2,1H3,(H,12,13). The maximum Gasteiger partial charge on any atom is 0.306 e. The van der Waals surface area contributed by atoms with Crippen LogP contribution in [0.5, 0.6) is 11.5 Å². The molecule has 0 aliphatic heterocycles. The molecule has 0 atom stereocenters. The van der Waals surface area contributed by atoms with Gasteiger partial charge in [0.1, 0.15) is 0 Å². The Morgan fingerprint density at radius 3 is 2.87 bits per heavy atom. The smallest absolute Gasteiger partial charge is 0.306 e. The number of halogens is 1. The summed E-state index contributed by atoms with van der Waals surface area (Å²) in [5, 5.41) is 8.46. The molecule has 1 aromatic rings. The van der Waals surface area contributed by atoms with E-state index in [9.17, 15) is 4.79 Å². The van der Waals surface area contributed by atoms with Gasteiger partial charge in [-0.05, 0) is 28.1 Å². The molecule has 82 valence electrons. The molecule has 0 radical (unpaired) electrons. The number of para-hydroxylation sites is 1. The van der Waals surface area contributed by atoms with Crippen LogP contribution in [0.4, 0.5) is 0 Å². The number of benzene rings is 1. The molecule has 1 aromatic carbocycles. The van der Waals surface area contributed by atoms with Crippen LogP contribution in [-0.4, -0.2) is 24.8 Å². The van der Waals surface area contributed by atoms with Gasteiger partial charge < -0.3 is 14.6 Å². The summed E-state index contributed by atoms with van der Waals surface area (Å²) in [5.41, 5.74) is 0. The van der Waals surface area contributed by atoms with Crippen molar-refractivity contribution in [2.24, 2.45) is 0 Å². The van der Waals surface area contributed by atoms with E-state index in [0.29, 0.717) is 11.5 Å². The zero-order chi connectivity index (χ0) is 11.3. The van der Waals surface area contributed by atoms with Crippen molar-refractivity contribution in [3.63, 3.8) is 0 Å². The normalized spacial score (nSPS) is 9.73. The first kappa shape index (κ1) is 11.8. The highest BCUT2D eigenvalue weighted by Crippen LogP contribution is 2.34. The van der Waals surface area contributed by atoms with Crippen molar-refractivity contribution in [3.8, 4) is 11.5 Å². The van der Waals surface area contributed by atoms with E-state index in [0.717, 1.165) is 4.47 Å². The molecule has 0 amide bonds. The summed E-state index contributed by atoms with van der Waals surface area (Å²) in [6.45, 7) is 0.119. The van der Waals surface area contributed by atoms with Crippen molar-refractivity contribution < 1.29 is 19.4 Å². The third kappa shape index (κ3) is 3.43. The third-order valence-electron chi connectivity index (χ3n) is 1.71. The Morgan fingerprint density at radius 1 is 1.53 bits per heavy atom. The molecule has 0 saturated heterocycles. The van der Waals surface area contributed by atoms with E-state index >= 15 is 0 Å². The summed E-state index contributed by atoms with van der Waals surface area (Å²) < 4.78 is 11.1. The predicted molar refractivity (Wildman–Crippen MR) is 58.4 cm³/mol. The second-order valence-corrected chi connectivity index (χ2v) is 3.62. The number of ether oxygens (including phenoxy) is 2. The average Bonchev–Trinajstić information content (AvgIpc) is 2.20. The summed E-state index contributed by atoms with van der Waals surface area (Å²) in [7, 11) is 1.53. The van der Waals surface area contributed by atoms with Crippen LogP contribution in [0.3, 0.4) is 0 Å². The summed E-state index contributed by atoms with van der Waals surface area (Å²) in [5.74, 6) is 0.219. The lowest BCUT2D eigenvalue weighted by Gasteiger charge is -2.11. The first-order valence-corrected chi connectivity index (χ1v) is 5.11. The van der Waals surface area contributed by atoms with E-state index in [1.807, 2.05) is 6.07 Å². The Balaban J connectivity index is 2.70. The Hall–Kier alpha value is -1.23. The summed E-state index contributed by atoms with van der Waals surface area (Å²) >= 11 is 3.30. The predicted octanol–water partition coefficient (Wildman–Crippen LogP) is 2.31. The zero-order valence-electron chi connectivity index (χ0n) is 8.20. The van der Waals surface area contributed by atoms with E-state index in [1.54, 1.807) is 12.1 Å². The number of rotatable bonds is 5. The number of hydrogen-bond donors (Lipinski definition) is 1. The van der Waals surface area contributed by atoms with Crippen molar-refractivity contribution in [1.29, 1.82) is 0 Å². The van der Waals surface area contributed by atoms with E-state index < -0.39 is 5.97 Å². The number of aliphatic carboxylic acids is 1. The van der Waals surface area contributed by atoms with E-state index in [2.05, 4.69) is 15.9 Å². The topological polar surface area (TPSA) is 55.8 Å². The lowest BCUT2D eigenvalue weighted by molar-refractivity contribution is -0.137. The number of carbonyl (C=O) groups is 1. The van der Waals surface area contributed by atoms with Crippen molar-refractivity contribution in [1.82, 2.24) is 0 Å². The van der Waals surface area contributed by atoms with Crippen LogP contribution in [0.25, 0.3) is 0 Å². The minimum absolute atomic E-state index is 0.0372. The first-order valence-electron chi connectivity index (χ1n) is 4.32. The zero-order valence-corrected chi connectivity index (χ0v) is 9.78. The third-order valence-corrected chi connectivity index (χ3v) is 2.34. The maximum atomic E-state index is 10.3. The fourth-order valence-electron chi connectivity index (χ4n) is 1.03. The molecular weight excluding hydrogens is 264 g/mol. The fourth-order valence-corrected chi connectivity index (χ4v) is 1.49. The van der Waals surface area contributed by atoms with Crippen LogP contribution >= 0.6 is 15.9 Å². The number of carboxylic acid groups (broad SMARTS) is 1. The molecule has 0 unspecified atom stereocenters. The number of hydrogen-bond acceptors (Lipinski definition) is 3. The van der Waals surface area contributed by atoms with Gasteiger partial charge in [-0.1, -0.05) is 6.07 Å². The van der Waals surface area contributed by atoms with Crippen molar-refractivity contribution in [2.75, 3.05) is 13.7 Å². The second kappa shape index (κ2) is 5.60. The van der Waals surface area contributed by atoms with Crippen molar-refractivity contribution in [2.45, 2.75) is 6.42 Å².